The summed E-state index contributed by atoms with van der Waals surface area (Å²) < 4.78 is 10.2. The van der Waals surface area contributed by atoms with E-state index in [4.69, 9.17) is 9.26 Å². The lowest BCUT2D eigenvalue weighted by molar-refractivity contribution is 0.373. The normalized spacial score (nSPS) is 10.5. The Morgan fingerprint density at radius 2 is 2.00 bits per heavy atom. The molecule has 0 saturated carbocycles. The van der Waals surface area contributed by atoms with Crippen LogP contribution in [0.25, 0.3) is 22.8 Å². The summed E-state index contributed by atoms with van der Waals surface area (Å²) in [7, 11) is 1.45. The molecule has 0 bridgehead atoms. The van der Waals surface area contributed by atoms with Crippen molar-refractivity contribution >= 4 is 0 Å². The van der Waals surface area contributed by atoms with Crippen molar-refractivity contribution in [2.24, 2.45) is 0 Å². The Kier molecular flexibility index (Phi) is 3.15. The maximum Gasteiger partial charge on any atom is 0.262 e. The van der Waals surface area contributed by atoms with Crippen molar-refractivity contribution < 1.29 is 19.5 Å². The molecular weight excluding hydrogens is 274 g/mol. The Morgan fingerprint density at radius 3 is 2.76 bits per heavy atom. The Labute approximate surface area is 119 Å². The van der Waals surface area contributed by atoms with Crippen LogP contribution < -0.4 is 4.74 Å². The van der Waals surface area contributed by atoms with Crippen LogP contribution in [0, 0.1) is 0 Å². The van der Waals surface area contributed by atoms with Crippen molar-refractivity contribution in [3.05, 3.63) is 36.7 Å². The maximum atomic E-state index is 9.72. The second-order valence-corrected chi connectivity index (χ2v) is 4.20. The van der Waals surface area contributed by atoms with Crippen molar-refractivity contribution in [1.29, 1.82) is 0 Å². The van der Waals surface area contributed by atoms with Crippen LogP contribution >= 0.6 is 0 Å². The van der Waals surface area contributed by atoms with E-state index in [1.165, 1.54) is 25.6 Å². The Bertz CT molecular complexity index is 785. The van der Waals surface area contributed by atoms with E-state index in [-0.39, 0.29) is 17.4 Å². The summed E-state index contributed by atoms with van der Waals surface area (Å²) in [5, 5.41) is 23.1. The highest BCUT2D eigenvalue weighted by molar-refractivity contribution is 5.65. The lowest BCUT2D eigenvalue weighted by Crippen LogP contribution is -1.86. The first-order chi connectivity index (χ1) is 10.2. The quantitative estimate of drug-likeness (QED) is 0.760. The van der Waals surface area contributed by atoms with Crippen LogP contribution in [0.4, 0.5) is 0 Å². The number of hydrogen-bond donors (Lipinski definition) is 2. The van der Waals surface area contributed by atoms with Gasteiger partial charge >= 0.3 is 0 Å². The van der Waals surface area contributed by atoms with E-state index < -0.39 is 0 Å². The van der Waals surface area contributed by atoms with Crippen LogP contribution in [0.1, 0.15) is 0 Å². The number of methoxy groups -OCH3 is 1. The van der Waals surface area contributed by atoms with Gasteiger partial charge in [0.2, 0.25) is 5.82 Å². The van der Waals surface area contributed by atoms with Gasteiger partial charge < -0.3 is 19.5 Å². The summed E-state index contributed by atoms with van der Waals surface area (Å²) in [6.07, 6.45) is 2.81. The fraction of sp³-hybridized carbons (Fsp3) is 0.0714. The number of pyridine rings is 1. The third-order valence-electron chi connectivity index (χ3n) is 2.89. The number of ether oxygens (including phenoxy) is 1. The number of nitrogens with zero attached hydrogens (tertiary/aromatic N) is 3. The molecule has 0 radical (unpaired) electrons. The molecule has 0 aliphatic carbocycles. The first-order valence-electron chi connectivity index (χ1n) is 6.03. The minimum Gasteiger partial charge on any atom is -0.505 e. The fourth-order valence-electron chi connectivity index (χ4n) is 1.83. The number of aromatic hydroxyl groups is 2. The zero-order valence-corrected chi connectivity index (χ0v) is 11.0. The van der Waals surface area contributed by atoms with Crippen LogP contribution in [0.2, 0.25) is 0 Å². The average molecular weight is 285 g/mol. The molecule has 7 heteroatoms. The summed E-state index contributed by atoms with van der Waals surface area (Å²) in [4.78, 5) is 8.00. The van der Waals surface area contributed by atoms with Crippen molar-refractivity contribution in [3.8, 4) is 40.1 Å². The predicted molar refractivity (Wildman–Crippen MR) is 72.8 cm³/mol. The van der Waals surface area contributed by atoms with Gasteiger partial charge in [0, 0.05) is 11.8 Å². The van der Waals surface area contributed by atoms with Gasteiger partial charge in [-0.1, -0.05) is 5.16 Å². The molecule has 0 amide bonds. The third-order valence-corrected chi connectivity index (χ3v) is 2.89. The van der Waals surface area contributed by atoms with E-state index in [9.17, 15) is 10.2 Å². The minimum atomic E-state index is -0.0454. The molecule has 1 aromatic carbocycles. The van der Waals surface area contributed by atoms with E-state index in [0.29, 0.717) is 22.7 Å². The second kappa shape index (κ2) is 5.12. The SMILES string of the molecule is COc1cc(-c2noc(-c3ccncc3O)n2)ccc1O. The standard InChI is InChI=1S/C14H11N3O4/c1-20-12-6-8(2-3-10(12)18)13-16-14(21-17-13)9-4-5-15-7-11(9)19/h2-7,18-19H,1H3. The molecule has 2 heterocycles. The van der Waals surface area contributed by atoms with Crippen molar-refractivity contribution in [1.82, 2.24) is 15.1 Å². The topological polar surface area (TPSA) is 102 Å². The highest BCUT2D eigenvalue weighted by Crippen LogP contribution is 2.32. The number of hydrogen-bond acceptors (Lipinski definition) is 7. The van der Waals surface area contributed by atoms with Gasteiger partial charge in [-0.3, -0.25) is 4.98 Å². The molecule has 106 valence electrons. The molecule has 0 spiro atoms. The fourth-order valence-corrected chi connectivity index (χ4v) is 1.83. The summed E-state index contributed by atoms with van der Waals surface area (Å²) >= 11 is 0. The van der Waals surface area contributed by atoms with Crippen LogP contribution in [0.3, 0.4) is 0 Å². The third kappa shape index (κ3) is 2.36. The molecular formula is C14H11N3O4. The van der Waals surface area contributed by atoms with Gasteiger partial charge in [-0.15, -0.1) is 0 Å². The van der Waals surface area contributed by atoms with E-state index in [1.54, 1.807) is 18.2 Å². The predicted octanol–water partition coefficient (Wildman–Crippen LogP) is 2.22. The molecule has 2 aromatic heterocycles. The highest BCUT2D eigenvalue weighted by atomic mass is 16.5. The van der Waals surface area contributed by atoms with E-state index in [0.717, 1.165) is 0 Å². The molecule has 0 aliphatic heterocycles. The van der Waals surface area contributed by atoms with Crippen LogP contribution in [0.5, 0.6) is 17.2 Å². The van der Waals surface area contributed by atoms with E-state index in [1.807, 2.05) is 0 Å². The largest absolute Gasteiger partial charge is 0.505 e. The van der Waals surface area contributed by atoms with Crippen LogP contribution in [-0.4, -0.2) is 32.4 Å². The van der Waals surface area contributed by atoms with Gasteiger partial charge in [0.25, 0.3) is 5.89 Å². The molecule has 0 aliphatic rings. The van der Waals surface area contributed by atoms with Gasteiger partial charge in [-0.2, -0.15) is 4.98 Å². The molecule has 0 unspecified atom stereocenters. The lowest BCUT2D eigenvalue weighted by Gasteiger charge is -2.03. The van der Waals surface area contributed by atoms with Gasteiger partial charge in [0.15, 0.2) is 11.5 Å². The van der Waals surface area contributed by atoms with Crippen molar-refractivity contribution in [2.45, 2.75) is 0 Å². The molecule has 0 atom stereocenters. The zero-order chi connectivity index (χ0) is 14.8. The van der Waals surface area contributed by atoms with Crippen molar-refractivity contribution in [2.75, 3.05) is 7.11 Å². The summed E-state index contributed by atoms with van der Waals surface area (Å²) in [5.74, 6) is 0.787. The molecule has 0 saturated heterocycles. The highest BCUT2D eigenvalue weighted by Gasteiger charge is 2.15. The average Bonchev–Trinajstić information content (AvgIpc) is 2.98. The van der Waals surface area contributed by atoms with Crippen LogP contribution in [-0.2, 0) is 0 Å². The summed E-state index contributed by atoms with van der Waals surface area (Å²) in [6.45, 7) is 0. The molecule has 21 heavy (non-hydrogen) atoms. The van der Waals surface area contributed by atoms with Gasteiger partial charge in [0.05, 0.1) is 18.9 Å². The zero-order valence-electron chi connectivity index (χ0n) is 11.0. The summed E-state index contributed by atoms with van der Waals surface area (Å²) in [5.41, 5.74) is 1.02. The number of aromatic nitrogens is 3. The van der Waals surface area contributed by atoms with Gasteiger partial charge in [0.1, 0.15) is 5.75 Å². The first-order valence-corrected chi connectivity index (χ1v) is 6.03. The molecule has 0 fully saturated rings. The maximum absolute atomic E-state index is 9.72. The smallest absolute Gasteiger partial charge is 0.262 e. The van der Waals surface area contributed by atoms with Gasteiger partial charge in [-0.25, -0.2) is 0 Å². The number of phenolic OH excluding ortho intramolecular Hbond substituents is 1. The Hall–Kier alpha value is -3.09. The second-order valence-electron chi connectivity index (χ2n) is 4.20. The number of rotatable bonds is 3. The Balaban J connectivity index is 2.01. The molecule has 7 nitrogen and oxygen atoms in total. The molecule has 3 rings (SSSR count). The number of phenols is 1. The lowest BCUT2D eigenvalue weighted by atomic mass is 10.2. The van der Waals surface area contributed by atoms with Crippen LogP contribution in [0.15, 0.2) is 41.2 Å². The van der Waals surface area contributed by atoms with E-state index >= 15 is 0 Å². The van der Waals surface area contributed by atoms with Crippen molar-refractivity contribution in [3.63, 3.8) is 0 Å². The Morgan fingerprint density at radius 1 is 1.14 bits per heavy atom. The minimum absolute atomic E-state index is 0.0248. The first kappa shape index (κ1) is 12.9. The summed E-state index contributed by atoms with van der Waals surface area (Å²) in [6, 6.07) is 6.29. The molecule has 3 aromatic rings. The molecule has 2 N–H and O–H groups in total. The number of benzene rings is 1. The van der Waals surface area contributed by atoms with E-state index in [2.05, 4.69) is 15.1 Å². The monoisotopic (exact) mass is 285 g/mol. The van der Waals surface area contributed by atoms with Gasteiger partial charge in [-0.05, 0) is 24.3 Å².